The molecule has 4 fully saturated rings. The Labute approximate surface area is 192 Å². The third kappa shape index (κ3) is 4.69. The molecule has 0 aromatic carbocycles. The van der Waals surface area contributed by atoms with E-state index in [2.05, 4.69) is 10.3 Å². The zero-order valence-electron chi connectivity index (χ0n) is 19.1. The van der Waals surface area contributed by atoms with Crippen molar-refractivity contribution in [3.8, 4) is 0 Å². The molecule has 2 atom stereocenters. The molecule has 1 aromatic heterocycles. The lowest BCUT2D eigenvalue weighted by Crippen LogP contribution is -2.66. The number of hydrogen-bond donors (Lipinski definition) is 1. The molecule has 0 radical (unpaired) electrons. The van der Waals surface area contributed by atoms with Crippen molar-refractivity contribution in [1.82, 2.24) is 20.1 Å². The number of carbonyl (C=O) groups excluding carboxylic acids is 2. The first-order chi connectivity index (χ1) is 15.7. The number of hydrogen-bond acceptors (Lipinski definition) is 4. The van der Waals surface area contributed by atoms with Crippen LogP contribution in [0.5, 0.6) is 0 Å². The van der Waals surface area contributed by atoms with Gasteiger partial charge >= 0.3 is 6.03 Å². The third-order valence-electron chi connectivity index (χ3n) is 7.88. The number of aromatic nitrogens is 1. The predicted octanol–water partition coefficient (Wildman–Crippen LogP) is 2.94. The first kappa shape index (κ1) is 22.5. The van der Waals surface area contributed by atoms with Crippen molar-refractivity contribution >= 4 is 11.9 Å². The van der Waals surface area contributed by atoms with Crippen LogP contribution in [-0.2, 0) is 21.9 Å². The van der Waals surface area contributed by atoms with Gasteiger partial charge in [-0.15, -0.1) is 0 Å². The molecular formula is C24H32F2N4O3. The monoisotopic (exact) mass is 462 g/mol. The van der Waals surface area contributed by atoms with Gasteiger partial charge in [0.2, 0.25) is 5.91 Å². The Kier molecular flexibility index (Phi) is 5.79. The van der Waals surface area contributed by atoms with E-state index in [-0.39, 0.29) is 41.8 Å². The van der Waals surface area contributed by atoms with Gasteiger partial charge in [-0.2, -0.15) is 8.78 Å². The minimum atomic E-state index is -2.91. The van der Waals surface area contributed by atoms with Gasteiger partial charge in [0.05, 0.1) is 12.1 Å². The molecule has 3 amide bonds. The van der Waals surface area contributed by atoms with Crippen LogP contribution in [0.4, 0.5) is 13.6 Å². The Balaban J connectivity index is 1.08. The van der Waals surface area contributed by atoms with E-state index in [1.807, 2.05) is 9.80 Å². The number of likely N-dealkylation sites (tertiary alicyclic amines) is 2. The molecule has 9 heteroatoms. The summed E-state index contributed by atoms with van der Waals surface area (Å²) in [6.45, 7) is 3.76. The molecule has 7 nitrogen and oxygen atoms in total. The van der Waals surface area contributed by atoms with Crippen molar-refractivity contribution in [1.29, 1.82) is 0 Å². The quantitative estimate of drug-likeness (QED) is 0.750. The molecule has 5 rings (SSSR count). The molecule has 180 valence electrons. The number of morpholine rings is 1. The highest BCUT2D eigenvalue weighted by atomic mass is 19.3. The van der Waals surface area contributed by atoms with Gasteiger partial charge < -0.3 is 19.9 Å². The second kappa shape index (κ2) is 8.49. The number of alkyl halides is 2. The number of rotatable bonds is 3. The summed E-state index contributed by atoms with van der Waals surface area (Å²) in [5.74, 6) is -2.48. The number of urea groups is 1. The molecule has 1 aromatic rings. The fourth-order valence-electron chi connectivity index (χ4n) is 5.92. The normalized spacial score (nSPS) is 27.7. The average molecular weight is 463 g/mol. The van der Waals surface area contributed by atoms with Crippen LogP contribution in [-0.4, -0.2) is 71.7 Å². The smallest absolute Gasteiger partial charge is 0.320 e. The number of fused-ring (bicyclic) bond motifs is 1. The van der Waals surface area contributed by atoms with E-state index >= 15 is 0 Å². The van der Waals surface area contributed by atoms with Crippen LogP contribution in [0.1, 0.15) is 50.3 Å². The topological polar surface area (TPSA) is 74.8 Å². The molecule has 1 saturated carbocycles. The lowest BCUT2D eigenvalue weighted by Gasteiger charge is -2.55. The van der Waals surface area contributed by atoms with Crippen LogP contribution in [0.15, 0.2) is 18.3 Å². The Morgan fingerprint density at radius 1 is 1.24 bits per heavy atom. The lowest BCUT2D eigenvalue weighted by atomic mass is 9.65. The van der Waals surface area contributed by atoms with Crippen LogP contribution in [0, 0.1) is 11.3 Å². The number of halogens is 2. The summed E-state index contributed by atoms with van der Waals surface area (Å²) >= 11 is 0. The predicted molar refractivity (Wildman–Crippen MR) is 117 cm³/mol. The molecular weight excluding hydrogens is 430 g/mol. The largest absolute Gasteiger partial charge is 0.366 e. The molecule has 1 N–H and O–H groups in total. The van der Waals surface area contributed by atoms with E-state index in [1.54, 1.807) is 12.3 Å². The van der Waals surface area contributed by atoms with Crippen LogP contribution in [0.2, 0.25) is 0 Å². The zero-order valence-corrected chi connectivity index (χ0v) is 19.1. The fourth-order valence-corrected chi connectivity index (χ4v) is 5.92. The van der Waals surface area contributed by atoms with Gasteiger partial charge in [-0.05, 0) is 56.1 Å². The van der Waals surface area contributed by atoms with Crippen LogP contribution >= 0.6 is 0 Å². The number of pyridine rings is 1. The summed E-state index contributed by atoms with van der Waals surface area (Å²) in [6, 6.07) is 3.17. The Hall–Kier alpha value is -2.29. The molecule has 0 unspecified atom stereocenters. The fraction of sp³-hybridized carbons (Fsp3) is 0.708. The molecule has 1 aliphatic carbocycles. The van der Waals surface area contributed by atoms with Gasteiger partial charge in [-0.3, -0.25) is 9.78 Å². The van der Waals surface area contributed by atoms with Crippen LogP contribution < -0.4 is 5.32 Å². The van der Waals surface area contributed by atoms with Gasteiger partial charge in [0, 0.05) is 44.7 Å². The molecule has 3 aliphatic heterocycles. The number of piperidine rings is 1. The molecule has 4 heterocycles. The van der Waals surface area contributed by atoms with E-state index in [1.165, 1.54) is 6.07 Å². The third-order valence-corrected chi connectivity index (χ3v) is 7.88. The van der Waals surface area contributed by atoms with E-state index < -0.39 is 5.92 Å². The second-order valence-corrected chi connectivity index (χ2v) is 10.5. The van der Waals surface area contributed by atoms with E-state index in [0.29, 0.717) is 19.0 Å². The Morgan fingerprint density at radius 3 is 2.67 bits per heavy atom. The highest BCUT2D eigenvalue weighted by Gasteiger charge is 2.48. The van der Waals surface area contributed by atoms with Crippen molar-refractivity contribution in [2.24, 2.45) is 11.3 Å². The van der Waals surface area contributed by atoms with Crippen molar-refractivity contribution in [3.63, 3.8) is 0 Å². The second-order valence-electron chi connectivity index (χ2n) is 10.5. The molecule has 33 heavy (non-hydrogen) atoms. The van der Waals surface area contributed by atoms with Crippen molar-refractivity contribution in [2.75, 3.05) is 32.8 Å². The Bertz CT molecular complexity index is 888. The number of amides is 3. The lowest BCUT2D eigenvalue weighted by molar-refractivity contribution is -0.140. The zero-order chi connectivity index (χ0) is 23.2. The highest BCUT2D eigenvalue weighted by molar-refractivity contribution is 5.79. The standard InChI is InChI=1S/C24H32F2N4O3/c1-23(25,26)20-3-2-17(11-27-20)10-16-4-7-24(8-5-16)14-30(15-24)22(32)29-9-6-19-18(12-29)28-21(31)13-33-19/h2-3,11,16,18-19H,4-10,12-15H2,1H3,(H,28,31)/t18-,19+/m1/s1. The summed E-state index contributed by atoms with van der Waals surface area (Å²) in [5, 5.41) is 2.95. The van der Waals surface area contributed by atoms with E-state index in [0.717, 1.165) is 64.1 Å². The molecule has 4 aliphatic rings. The van der Waals surface area contributed by atoms with Crippen LogP contribution in [0.3, 0.4) is 0 Å². The maximum Gasteiger partial charge on any atom is 0.320 e. The SMILES string of the molecule is CC(F)(F)c1ccc(CC2CCC3(CC2)CN(C(=O)N2CC[C@@H]4OCC(=O)N[C@@H]4C2)C3)cn1. The van der Waals surface area contributed by atoms with E-state index in [9.17, 15) is 18.4 Å². The maximum absolute atomic E-state index is 13.4. The highest BCUT2D eigenvalue weighted by Crippen LogP contribution is 2.46. The van der Waals surface area contributed by atoms with Gasteiger partial charge in [0.15, 0.2) is 0 Å². The van der Waals surface area contributed by atoms with Gasteiger partial charge in [-0.1, -0.05) is 6.07 Å². The summed E-state index contributed by atoms with van der Waals surface area (Å²) in [4.78, 5) is 32.4. The van der Waals surface area contributed by atoms with Crippen molar-refractivity contribution in [2.45, 2.75) is 63.5 Å². The summed E-state index contributed by atoms with van der Waals surface area (Å²) in [6.07, 6.45) is 7.57. The number of nitrogens with zero attached hydrogens (tertiary/aromatic N) is 3. The molecule has 1 spiro atoms. The summed E-state index contributed by atoms with van der Waals surface area (Å²) in [5.41, 5.74) is 1.05. The van der Waals surface area contributed by atoms with Gasteiger partial charge in [0.25, 0.3) is 5.92 Å². The van der Waals surface area contributed by atoms with Crippen molar-refractivity contribution in [3.05, 3.63) is 29.6 Å². The Morgan fingerprint density at radius 2 is 2.00 bits per heavy atom. The van der Waals surface area contributed by atoms with Gasteiger partial charge in [0.1, 0.15) is 12.3 Å². The average Bonchev–Trinajstić information content (AvgIpc) is 2.77. The molecule has 0 bridgehead atoms. The first-order valence-electron chi connectivity index (χ1n) is 12.0. The van der Waals surface area contributed by atoms with E-state index in [4.69, 9.17) is 4.74 Å². The summed E-state index contributed by atoms with van der Waals surface area (Å²) in [7, 11) is 0. The first-order valence-corrected chi connectivity index (χ1v) is 12.0. The number of carbonyl (C=O) groups is 2. The minimum Gasteiger partial charge on any atom is -0.366 e. The maximum atomic E-state index is 13.4. The number of ether oxygens (including phenoxy) is 1. The van der Waals surface area contributed by atoms with Gasteiger partial charge in [-0.25, -0.2) is 4.79 Å². The van der Waals surface area contributed by atoms with Crippen LogP contribution in [0.25, 0.3) is 0 Å². The number of nitrogens with one attached hydrogen (secondary N) is 1. The minimum absolute atomic E-state index is 0.00891. The van der Waals surface area contributed by atoms with Crippen molar-refractivity contribution < 1.29 is 23.1 Å². The summed E-state index contributed by atoms with van der Waals surface area (Å²) < 4.78 is 32.3. The molecule has 3 saturated heterocycles.